The van der Waals surface area contributed by atoms with E-state index in [1.165, 1.54) is 38.8 Å². The van der Waals surface area contributed by atoms with Crippen LogP contribution in [0.25, 0.3) is 0 Å². The van der Waals surface area contributed by atoms with E-state index < -0.39 is 0 Å². The van der Waals surface area contributed by atoms with Crippen LogP contribution in [0.3, 0.4) is 0 Å². The van der Waals surface area contributed by atoms with Gasteiger partial charge in [-0.3, -0.25) is 9.69 Å². The molecule has 4 rings (SSSR count). The van der Waals surface area contributed by atoms with Gasteiger partial charge >= 0.3 is 0 Å². The summed E-state index contributed by atoms with van der Waals surface area (Å²) in [6, 6.07) is 0.464. The molecule has 5 atom stereocenters. The molecule has 0 spiro atoms. The summed E-state index contributed by atoms with van der Waals surface area (Å²) in [6.45, 7) is 3.19. The van der Waals surface area contributed by atoms with Gasteiger partial charge in [0.05, 0.1) is 6.10 Å². The number of Topliss-reactive ketones (excluding diaryl/α,β-unsaturated/α-hetero) is 1. The molecule has 118 valence electrons. The van der Waals surface area contributed by atoms with E-state index in [0.717, 1.165) is 32.3 Å². The third-order valence-corrected chi connectivity index (χ3v) is 5.94. The highest BCUT2D eigenvalue weighted by atomic mass is 16.7. The molecule has 0 aromatic rings. The lowest BCUT2D eigenvalue weighted by atomic mass is 9.96. The van der Waals surface area contributed by atoms with Crippen LogP contribution in [0.1, 0.15) is 51.4 Å². The summed E-state index contributed by atoms with van der Waals surface area (Å²) in [5, 5.41) is 0. The van der Waals surface area contributed by atoms with E-state index in [0.29, 0.717) is 17.7 Å². The molecule has 2 aliphatic heterocycles. The molecule has 4 aliphatic rings. The molecule has 0 aromatic carbocycles. The third kappa shape index (κ3) is 2.66. The van der Waals surface area contributed by atoms with Gasteiger partial charge in [-0.05, 0) is 51.6 Å². The van der Waals surface area contributed by atoms with Crippen LogP contribution in [0.5, 0.6) is 0 Å². The Morgan fingerprint density at radius 3 is 2.71 bits per heavy atom. The minimum atomic E-state index is -0.0137. The first kappa shape index (κ1) is 14.2. The number of carbonyl (C=O) groups excluding carboxylic acids is 1. The van der Waals surface area contributed by atoms with Crippen molar-refractivity contribution in [2.45, 2.75) is 69.8 Å². The zero-order valence-corrected chi connectivity index (χ0v) is 12.8. The van der Waals surface area contributed by atoms with Crippen LogP contribution in [-0.4, -0.2) is 48.8 Å². The van der Waals surface area contributed by atoms with Crippen molar-refractivity contribution in [3.05, 3.63) is 0 Å². The number of rotatable bonds is 3. The number of ether oxygens (including phenoxy) is 2. The van der Waals surface area contributed by atoms with Gasteiger partial charge in [0.25, 0.3) is 0 Å². The maximum atomic E-state index is 12.2. The van der Waals surface area contributed by atoms with Gasteiger partial charge in [0.15, 0.2) is 6.29 Å². The Kier molecular flexibility index (Phi) is 4.03. The number of hydrogen-bond donors (Lipinski definition) is 0. The Labute approximate surface area is 127 Å². The summed E-state index contributed by atoms with van der Waals surface area (Å²) in [7, 11) is 0. The molecule has 2 bridgehead atoms. The number of hydrogen-bond acceptors (Lipinski definition) is 4. The number of ketones is 1. The quantitative estimate of drug-likeness (QED) is 0.801. The van der Waals surface area contributed by atoms with Crippen LogP contribution in [0.4, 0.5) is 0 Å². The SMILES string of the molecule is O=C1CC2C(OC3CCCCO3)CC1C2N1CCCCC1. The molecule has 0 N–H and O–H groups in total. The van der Waals surface area contributed by atoms with Crippen LogP contribution >= 0.6 is 0 Å². The zero-order chi connectivity index (χ0) is 14.2. The maximum Gasteiger partial charge on any atom is 0.157 e. The highest BCUT2D eigenvalue weighted by molar-refractivity contribution is 5.86. The molecule has 4 nitrogen and oxygen atoms in total. The van der Waals surface area contributed by atoms with E-state index >= 15 is 0 Å². The lowest BCUT2D eigenvalue weighted by Gasteiger charge is -2.35. The van der Waals surface area contributed by atoms with Crippen molar-refractivity contribution in [2.24, 2.45) is 11.8 Å². The molecule has 2 saturated heterocycles. The monoisotopic (exact) mass is 293 g/mol. The van der Waals surface area contributed by atoms with Gasteiger partial charge in [-0.25, -0.2) is 0 Å². The molecule has 2 saturated carbocycles. The Hall–Kier alpha value is -0.450. The highest BCUT2D eigenvalue weighted by Gasteiger charge is 2.56. The summed E-state index contributed by atoms with van der Waals surface area (Å²) in [5.41, 5.74) is 0. The topological polar surface area (TPSA) is 38.8 Å². The fraction of sp³-hybridized carbons (Fsp3) is 0.941. The molecular weight excluding hydrogens is 266 g/mol. The maximum absolute atomic E-state index is 12.2. The number of likely N-dealkylation sites (tertiary alicyclic amines) is 1. The van der Waals surface area contributed by atoms with E-state index in [1.54, 1.807) is 0 Å². The second-order valence-electron chi connectivity index (χ2n) is 7.23. The van der Waals surface area contributed by atoms with Crippen molar-refractivity contribution >= 4 is 5.78 Å². The summed E-state index contributed by atoms with van der Waals surface area (Å²) in [6.07, 6.45) is 9.24. The standard InChI is InChI=1S/C17H27NO3/c19-14-10-13-15(21-16-6-2-5-9-20-16)11-12(14)17(13)18-7-3-1-4-8-18/h12-13,15-17H,1-11H2. The van der Waals surface area contributed by atoms with Crippen molar-refractivity contribution in [3.8, 4) is 0 Å². The number of nitrogens with zero attached hydrogens (tertiary/aromatic N) is 1. The van der Waals surface area contributed by atoms with E-state index in [1.807, 2.05) is 0 Å². The normalized spacial score (nSPS) is 44.4. The van der Waals surface area contributed by atoms with Crippen molar-refractivity contribution in [2.75, 3.05) is 19.7 Å². The summed E-state index contributed by atoms with van der Waals surface area (Å²) in [4.78, 5) is 14.8. The summed E-state index contributed by atoms with van der Waals surface area (Å²) < 4.78 is 12.0. The number of carbonyl (C=O) groups is 1. The molecule has 4 heteroatoms. The van der Waals surface area contributed by atoms with Crippen LogP contribution < -0.4 is 0 Å². The Morgan fingerprint density at radius 2 is 1.95 bits per heavy atom. The number of piperidine rings is 1. The van der Waals surface area contributed by atoms with Gasteiger partial charge in [0.2, 0.25) is 0 Å². The minimum Gasteiger partial charge on any atom is -0.353 e. The Morgan fingerprint density at radius 1 is 1.10 bits per heavy atom. The number of fused-ring (bicyclic) bond motifs is 2. The molecular formula is C17H27NO3. The smallest absolute Gasteiger partial charge is 0.157 e. The van der Waals surface area contributed by atoms with E-state index in [4.69, 9.17) is 9.47 Å². The molecule has 4 fully saturated rings. The van der Waals surface area contributed by atoms with Gasteiger partial charge in [0, 0.05) is 30.9 Å². The van der Waals surface area contributed by atoms with E-state index in [-0.39, 0.29) is 18.3 Å². The van der Waals surface area contributed by atoms with E-state index in [2.05, 4.69) is 4.90 Å². The van der Waals surface area contributed by atoms with Crippen molar-refractivity contribution in [1.29, 1.82) is 0 Å². The summed E-state index contributed by atoms with van der Waals surface area (Å²) >= 11 is 0. The first-order valence-corrected chi connectivity index (χ1v) is 8.87. The molecule has 2 aliphatic carbocycles. The van der Waals surface area contributed by atoms with E-state index in [9.17, 15) is 4.79 Å². The molecule has 0 aromatic heterocycles. The van der Waals surface area contributed by atoms with Crippen LogP contribution in [0.15, 0.2) is 0 Å². The average Bonchev–Trinajstić information content (AvgIpc) is 3.03. The second kappa shape index (κ2) is 5.98. The van der Waals surface area contributed by atoms with Crippen LogP contribution in [-0.2, 0) is 14.3 Å². The second-order valence-corrected chi connectivity index (χ2v) is 7.23. The highest BCUT2D eigenvalue weighted by Crippen LogP contribution is 2.47. The fourth-order valence-corrected chi connectivity index (χ4v) is 4.95. The average molecular weight is 293 g/mol. The van der Waals surface area contributed by atoms with Crippen LogP contribution in [0.2, 0.25) is 0 Å². The molecule has 0 amide bonds. The predicted molar refractivity (Wildman–Crippen MR) is 78.9 cm³/mol. The molecule has 0 radical (unpaired) electrons. The van der Waals surface area contributed by atoms with Crippen LogP contribution in [0, 0.1) is 11.8 Å². The molecule has 5 unspecified atom stereocenters. The predicted octanol–water partition coefficient (Wildman–Crippen LogP) is 2.36. The minimum absolute atomic E-state index is 0.0137. The van der Waals surface area contributed by atoms with Gasteiger partial charge < -0.3 is 9.47 Å². The van der Waals surface area contributed by atoms with Crippen molar-refractivity contribution in [3.63, 3.8) is 0 Å². The summed E-state index contributed by atoms with van der Waals surface area (Å²) in [5.74, 6) is 1.15. The third-order valence-electron chi connectivity index (χ3n) is 5.94. The van der Waals surface area contributed by atoms with Crippen molar-refractivity contribution in [1.82, 2.24) is 4.90 Å². The first-order chi connectivity index (χ1) is 10.3. The zero-order valence-electron chi connectivity index (χ0n) is 12.8. The Bertz CT molecular complexity index is 387. The van der Waals surface area contributed by atoms with Crippen molar-refractivity contribution < 1.29 is 14.3 Å². The lowest BCUT2D eigenvalue weighted by Crippen LogP contribution is -2.43. The molecule has 2 heterocycles. The van der Waals surface area contributed by atoms with Gasteiger partial charge in [-0.1, -0.05) is 6.42 Å². The fourth-order valence-electron chi connectivity index (χ4n) is 4.95. The van der Waals surface area contributed by atoms with Gasteiger partial charge in [-0.15, -0.1) is 0 Å². The molecule has 21 heavy (non-hydrogen) atoms. The Balaban J connectivity index is 1.42. The first-order valence-electron chi connectivity index (χ1n) is 8.87. The van der Waals surface area contributed by atoms with Gasteiger partial charge in [-0.2, -0.15) is 0 Å². The van der Waals surface area contributed by atoms with Gasteiger partial charge in [0.1, 0.15) is 5.78 Å². The lowest BCUT2D eigenvalue weighted by molar-refractivity contribution is -0.198. The largest absolute Gasteiger partial charge is 0.353 e.